The predicted octanol–water partition coefficient (Wildman–Crippen LogP) is 3.49. The van der Waals surface area contributed by atoms with Crippen LogP contribution in [0, 0.1) is 0 Å². The summed E-state index contributed by atoms with van der Waals surface area (Å²) in [5.41, 5.74) is 2.92. The fourth-order valence-electron chi connectivity index (χ4n) is 2.42. The number of benzene rings is 2. The molecule has 2 aromatic carbocycles. The number of anilines is 2. The molecule has 3 aromatic rings. The number of hydrogen-bond donors (Lipinski definition) is 2. The molecule has 120 valence electrons. The van der Waals surface area contributed by atoms with Crippen molar-refractivity contribution in [3.05, 3.63) is 66.4 Å². The number of fused-ring (bicyclic) bond motifs is 1. The molecule has 0 spiro atoms. The highest BCUT2D eigenvalue weighted by molar-refractivity contribution is 5.97. The summed E-state index contributed by atoms with van der Waals surface area (Å²) in [6, 6.07) is 16.5. The Morgan fingerprint density at radius 1 is 1.00 bits per heavy atom. The van der Waals surface area contributed by atoms with Gasteiger partial charge in [0.2, 0.25) is 5.91 Å². The van der Waals surface area contributed by atoms with E-state index in [0.29, 0.717) is 11.3 Å². The molecule has 0 fully saturated rings. The smallest absolute Gasteiger partial charge is 0.243 e. The van der Waals surface area contributed by atoms with Crippen molar-refractivity contribution in [2.75, 3.05) is 17.2 Å². The molecule has 0 aliphatic heterocycles. The summed E-state index contributed by atoms with van der Waals surface area (Å²) < 4.78 is 0. The molecule has 1 heterocycles. The first-order chi connectivity index (χ1) is 11.6. The number of hydrogen-bond acceptors (Lipinski definition) is 4. The number of Topliss-reactive ketones (excluding diaryl/α,β-unsaturated/α-hetero) is 1. The second-order valence-electron chi connectivity index (χ2n) is 5.42. The first kappa shape index (κ1) is 15.7. The van der Waals surface area contributed by atoms with E-state index in [1.807, 2.05) is 30.3 Å². The van der Waals surface area contributed by atoms with Gasteiger partial charge in [-0.15, -0.1) is 0 Å². The third-order valence-corrected chi connectivity index (χ3v) is 3.65. The van der Waals surface area contributed by atoms with Crippen LogP contribution in [0.15, 0.2) is 60.8 Å². The number of nitrogens with zero attached hydrogens (tertiary/aromatic N) is 1. The van der Waals surface area contributed by atoms with Crippen LogP contribution in [0.25, 0.3) is 10.9 Å². The molecule has 24 heavy (non-hydrogen) atoms. The number of carbonyl (C=O) groups excluding carboxylic acids is 2. The van der Waals surface area contributed by atoms with E-state index in [4.69, 9.17) is 0 Å². The van der Waals surface area contributed by atoms with E-state index < -0.39 is 0 Å². The van der Waals surface area contributed by atoms with Gasteiger partial charge in [0.1, 0.15) is 0 Å². The van der Waals surface area contributed by atoms with E-state index in [0.717, 1.165) is 16.6 Å². The van der Waals surface area contributed by atoms with Crippen molar-refractivity contribution in [3.8, 4) is 0 Å². The van der Waals surface area contributed by atoms with Gasteiger partial charge >= 0.3 is 0 Å². The molecule has 0 aliphatic carbocycles. The van der Waals surface area contributed by atoms with Gasteiger partial charge in [-0.2, -0.15) is 0 Å². The first-order valence-corrected chi connectivity index (χ1v) is 7.62. The Labute approximate surface area is 139 Å². The summed E-state index contributed by atoms with van der Waals surface area (Å²) in [7, 11) is 0. The first-order valence-electron chi connectivity index (χ1n) is 7.62. The summed E-state index contributed by atoms with van der Waals surface area (Å²) in [6.45, 7) is 1.64. The van der Waals surface area contributed by atoms with Gasteiger partial charge in [-0.05, 0) is 43.3 Å². The van der Waals surface area contributed by atoms with Crippen molar-refractivity contribution in [1.82, 2.24) is 4.98 Å². The Balaban J connectivity index is 1.64. The highest BCUT2D eigenvalue weighted by Crippen LogP contribution is 2.20. The van der Waals surface area contributed by atoms with Crippen molar-refractivity contribution < 1.29 is 9.59 Å². The van der Waals surface area contributed by atoms with Crippen LogP contribution in [0.2, 0.25) is 0 Å². The number of pyridine rings is 1. The zero-order valence-electron chi connectivity index (χ0n) is 13.2. The fraction of sp³-hybridized carbons (Fsp3) is 0.105. The van der Waals surface area contributed by atoms with Gasteiger partial charge in [0, 0.05) is 22.8 Å². The van der Waals surface area contributed by atoms with Crippen LogP contribution < -0.4 is 10.6 Å². The average Bonchev–Trinajstić information content (AvgIpc) is 2.60. The lowest BCUT2D eigenvalue weighted by molar-refractivity contribution is -0.114. The molecule has 3 rings (SSSR count). The van der Waals surface area contributed by atoms with E-state index in [1.165, 1.54) is 6.92 Å². The van der Waals surface area contributed by atoms with Crippen LogP contribution in [0.1, 0.15) is 17.3 Å². The standard InChI is InChI=1S/C19H17N3O2/c1-13(23)14-7-9-16(10-8-14)22-18(24)12-21-17-6-2-4-15-5-3-11-20-19(15)17/h2-11,21H,12H2,1H3,(H,22,24). The van der Waals surface area contributed by atoms with Gasteiger partial charge in [0.15, 0.2) is 5.78 Å². The Hall–Kier alpha value is -3.21. The topological polar surface area (TPSA) is 71.1 Å². The maximum atomic E-state index is 12.1. The molecular weight excluding hydrogens is 302 g/mol. The number of aromatic nitrogens is 1. The van der Waals surface area contributed by atoms with Crippen LogP contribution in [0.3, 0.4) is 0 Å². The third kappa shape index (κ3) is 3.57. The van der Waals surface area contributed by atoms with Crippen LogP contribution in [0.5, 0.6) is 0 Å². The Morgan fingerprint density at radius 3 is 2.50 bits per heavy atom. The minimum Gasteiger partial charge on any atom is -0.374 e. The van der Waals surface area contributed by atoms with Crippen LogP contribution in [-0.4, -0.2) is 23.2 Å². The fourth-order valence-corrected chi connectivity index (χ4v) is 2.42. The quantitative estimate of drug-likeness (QED) is 0.706. The van der Waals surface area contributed by atoms with Gasteiger partial charge < -0.3 is 10.6 Å². The Bertz CT molecular complexity index is 883. The molecule has 5 heteroatoms. The van der Waals surface area contributed by atoms with Crippen LogP contribution >= 0.6 is 0 Å². The molecule has 1 amide bonds. The van der Waals surface area contributed by atoms with Gasteiger partial charge in [0.25, 0.3) is 0 Å². The largest absolute Gasteiger partial charge is 0.374 e. The van der Waals surface area contributed by atoms with Crippen molar-refractivity contribution >= 4 is 34.0 Å². The zero-order chi connectivity index (χ0) is 16.9. The van der Waals surface area contributed by atoms with Crippen LogP contribution in [-0.2, 0) is 4.79 Å². The number of amides is 1. The number of para-hydroxylation sites is 1. The van der Waals surface area contributed by atoms with Gasteiger partial charge in [-0.25, -0.2) is 0 Å². The van der Waals surface area contributed by atoms with Crippen molar-refractivity contribution in [3.63, 3.8) is 0 Å². The van der Waals surface area contributed by atoms with Crippen molar-refractivity contribution in [2.24, 2.45) is 0 Å². The zero-order valence-corrected chi connectivity index (χ0v) is 13.2. The Morgan fingerprint density at radius 2 is 1.75 bits per heavy atom. The van der Waals surface area contributed by atoms with E-state index in [9.17, 15) is 9.59 Å². The molecule has 5 nitrogen and oxygen atoms in total. The van der Waals surface area contributed by atoms with Crippen molar-refractivity contribution in [1.29, 1.82) is 0 Å². The van der Waals surface area contributed by atoms with Crippen molar-refractivity contribution in [2.45, 2.75) is 6.92 Å². The number of rotatable bonds is 5. The minimum atomic E-state index is -0.168. The lowest BCUT2D eigenvalue weighted by Crippen LogP contribution is -2.21. The summed E-state index contributed by atoms with van der Waals surface area (Å²) in [4.78, 5) is 27.7. The molecule has 0 unspecified atom stereocenters. The number of ketones is 1. The molecule has 0 radical (unpaired) electrons. The molecule has 0 bridgehead atoms. The average molecular weight is 319 g/mol. The Kier molecular flexibility index (Phi) is 4.52. The molecule has 0 saturated carbocycles. The molecule has 2 N–H and O–H groups in total. The minimum absolute atomic E-state index is 0.00185. The van der Waals surface area contributed by atoms with Crippen LogP contribution in [0.4, 0.5) is 11.4 Å². The maximum Gasteiger partial charge on any atom is 0.243 e. The lowest BCUT2D eigenvalue weighted by Gasteiger charge is -2.10. The molecular formula is C19H17N3O2. The van der Waals surface area contributed by atoms with E-state index in [-0.39, 0.29) is 18.2 Å². The molecule has 0 saturated heterocycles. The normalized spacial score (nSPS) is 10.4. The lowest BCUT2D eigenvalue weighted by atomic mass is 10.1. The van der Waals surface area contributed by atoms with Gasteiger partial charge in [-0.1, -0.05) is 18.2 Å². The maximum absolute atomic E-state index is 12.1. The second-order valence-corrected chi connectivity index (χ2v) is 5.42. The van der Waals surface area contributed by atoms with Gasteiger partial charge in [-0.3, -0.25) is 14.6 Å². The highest BCUT2D eigenvalue weighted by Gasteiger charge is 2.06. The van der Waals surface area contributed by atoms with Gasteiger partial charge in [0.05, 0.1) is 17.7 Å². The predicted molar refractivity (Wildman–Crippen MR) is 95.3 cm³/mol. The SMILES string of the molecule is CC(=O)c1ccc(NC(=O)CNc2cccc3cccnc23)cc1. The molecule has 0 aliphatic rings. The summed E-state index contributed by atoms with van der Waals surface area (Å²) in [5, 5.41) is 6.92. The number of nitrogens with one attached hydrogen (secondary N) is 2. The van der Waals surface area contributed by atoms with E-state index in [1.54, 1.807) is 30.5 Å². The second kappa shape index (κ2) is 6.91. The molecule has 0 atom stereocenters. The summed E-state index contributed by atoms with van der Waals surface area (Å²) >= 11 is 0. The monoisotopic (exact) mass is 319 g/mol. The highest BCUT2D eigenvalue weighted by atomic mass is 16.2. The van der Waals surface area contributed by atoms with E-state index in [2.05, 4.69) is 15.6 Å². The third-order valence-electron chi connectivity index (χ3n) is 3.65. The summed E-state index contributed by atoms with van der Waals surface area (Å²) in [6.07, 6.45) is 1.73. The van der Waals surface area contributed by atoms with E-state index >= 15 is 0 Å². The summed E-state index contributed by atoms with van der Waals surface area (Å²) in [5.74, 6) is -0.170. The molecule has 1 aromatic heterocycles. The number of carbonyl (C=O) groups is 2.